The summed E-state index contributed by atoms with van der Waals surface area (Å²) in [7, 11) is 0.530. The van der Waals surface area contributed by atoms with Crippen LogP contribution in [0.3, 0.4) is 0 Å². The Hall–Kier alpha value is -3.64. The third kappa shape index (κ3) is 5.57. The molecule has 11 nitrogen and oxygen atoms in total. The van der Waals surface area contributed by atoms with E-state index in [0.29, 0.717) is 45.9 Å². The smallest absolute Gasteiger partial charge is 0.295 e. The van der Waals surface area contributed by atoms with E-state index >= 15 is 0 Å². The summed E-state index contributed by atoms with van der Waals surface area (Å²) in [5.74, 6) is 1.58. The summed E-state index contributed by atoms with van der Waals surface area (Å²) in [6.45, 7) is 6.41. The van der Waals surface area contributed by atoms with Gasteiger partial charge >= 0.3 is 0 Å². The number of hydrogen-bond donors (Lipinski definition) is 1. The molecule has 2 atom stereocenters. The maximum absolute atomic E-state index is 13.7. The zero-order valence-corrected chi connectivity index (χ0v) is 23.4. The predicted molar refractivity (Wildman–Crippen MR) is 149 cm³/mol. The summed E-state index contributed by atoms with van der Waals surface area (Å²) in [6, 6.07) is 3.28. The maximum atomic E-state index is 13.7. The second kappa shape index (κ2) is 11.6. The van der Waals surface area contributed by atoms with Crippen LogP contribution in [0.5, 0.6) is 0 Å². The number of anilines is 1. The van der Waals surface area contributed by atoms with E-state index < -0.39 is 10.8 Å². The molecule has 1 fully saturated rings. The third-order valence-electron chi connectivity index (χ3n) is 6.72. The largest absolute Gasteiger partial charge is 0.383 e. The van der Waals surface area contributed by atoms with Crippen LogP contribution in [0.4, 0.5) is 5.82 Å². The molecule has 5 rings (SSSR count). The van der Waals surface area contributed by atoms with Gasteiger partial charge in [-0.25, -0.2) is 24.9 Å². The summed E-state index contributed by atoms with van der Waals surface area (Å²) in [5.41, 5.74) is 3.99. The topological polar surface area (TPSA) is 138 Å². The number of nitrogens with one attached hydrogen (secondary N) is 1. The highest BCUT2D eigenvalue weighted by Gasteiger charge is 2.31. The van der Waals surface area contributed by atoms with E-state index in [2.05, 4.69) is 30.2 Å². The molecule has 204 valence electrons. The highest BCUT2D eigenvalue weighted by molar-refractivity contribution is 7.85. The first-order valence-electron chi connectivity index (χ1n) is 13.1. The van der Waals surface area contributed by atoms with E-state index in [4.69, 9.17) is 9.72 Å². The van der Waals surface area contributed by atoms with Gasteiger partial charge in [-0.15, -0.1) is 0 Å². The summed E-state index contributed by atoms with van der Waals surface area (Å²) in [6.07, 6.45) is 7.75. The summed E-state index contributed by atoms with van der Waals surface area (Å²) >= 11 is 0. The van der Waals surface area contributed by atoms with E-state index in [1.165, 1.54) is 0 Å². The molecule has 1 aliphatic rings. The molecule has 0 radical (unpaired) electrons. The van der Waals surface area contributed by atoms with Crippen molar-refractivity contribution < 1.29 is 8.95 Å². The molecule has 12 heteroatoms. The molecule has 1 N–H and O–H groups in total. The maximum Gasteiger partial charge on any atom is 0.295 e. The molecule has 1 aliphatic carbocycles. The first-order chi connectivity index (χ1) is 18.9. The quantitative estimate of drug-likeness (QED) is 0.297. The van der Waals surface area contributed by atoms with Gasteiger partial charge in [-0.1, -0.05) is 13.8 Å². The van der Waals surface area contributed by atoms with Crippen molar-refractivity contribution in [2.24, 2.45) is 0 Å². The van der Waals surface area contributed by atoms with Crippen LogP contribution in [0.2, 0.25) is 0 Å². The van der Waals surface area contributed by atoms with Gasteiger partial charge in [0.25, 0.3) is 5.56 Å². The lowest BCUT2D eigenvalue weighted by atomic mass is 10.1. The normalized spacial score (nSPS) is 14.9. The molecule has 0 saturated heterocycles. The van der Waals surface area contributed by atoms with Crippen LogP contribution in [0.25, 0.3) is 22.6 Å². The lowest BCUT2D eigenvalue weighted by Crippen LogP contribution is -2.30. The van der Waals surface area contributed by atoms with Crippen molar-refractivity contribution >= 4 is 27.8 Å². The zero-order chi connectivity index (χ0) is 27.5. The van der Waals surface area contributed by atoms with Gasteiger partial charge in [0, 0.05) is 25.0 Å². The van der Waals surface area contributed by atoms with Crippen molar-refractivity contribution in [3.63, 3.8) is 0 Å². The number of hydrogen-bond acceptors (Lipinski definition) is 10. The van der Waals surface area contributed by atoms with Crippen LogP contribution >= 0.6 is 0 Å². The Morgan fingerprint density at radius 2 is 1.95 bits per heavy atom. The SMILES string of the molecule is CCc1ncnc(C2CC2)c1-c1ncc2nc(NCc3ccc(S(=O)CC)cn3)c(=O)n([C@@H](C)COC)c2n1. The number of pyridine rings is 1. The number of rotatable bonds is 11. The van der Waals surface area contributed by atoms with E-state index in [9.17, 15) is 9.00 Å². The van der Waals surface area contributed by atoms with E-state index in [-0.39, 0.29) is 24.0 Å². The van der Waals surface area contributed by atoms with Gasteiger partial charge in [-0.3, -0.25) is 18.6 Å². The van der Waals surface area contributed by atoms with Crippen LogP contribution in [-0.2, 0) is 28.5 Å². The van der Waals surface area contributed by atoms with Gasteiger partial charge in [0.15, 0.2) is 17.3 Å². The molecule has 4 heterocycles. The molecule has 39 heavy (non-hydrogen) atoms. The molecule has 0 spiro atoms. The number of fused-ring (bicyclic) bond motifs is 1. The molecular formula is C27H32N8O3S. The van der Waals surface area contributed by atoms with Gasteiger partial charge in [-0.05, 0) is 38.3 Å². The molecule has 0 aliphatic heterocycles. The number of methoxy groups -OCH3 is 1. The Balaban J connectivity index is 1.55. The van der Waals surface area contributed by atoms with Crippen LogP contribution < -0.4 is 10.9 Å². The third-order valence-corrected chi connectivity index (χ3v) is 8.01. The van der Waals surface area contributed by atoms with E-state index in [0.717, 1.165) is 36.2 Å². The molecule has 1 saturated carbocycles. The highest BCUT2D eigenvalue weighted by Crippen LogP contribution is 2.43. The monoisotopic (exact) mass is 548 g/mol. The second-order valence-electron chi connectivity index (χ2n) is 9.52. The lowest BCUT2D eigenvalue weighted by molar-refractivity contribution is 0.162. The fourth-order valence-electron chi connectivity index (χ4n) is 4.57. The van der Waals surface area contributed by atoms with E-state index in [1.807, 2.05) is 20.8 Å². The number of ether oxygens (including phenoxy) is 1. The van der Waals surface area contributed by atoms with Crippen molar-refractivity contribution in [1.29, 1.82) is 0 Å². The Bertz CT molecular complexity index is 1570. The molecule has 0 amide bonds. The van der Waals surface area contributed by atoms with Gasteiger partial charge in [0.05, 0.1) is 63.7 Å². The van der Waals surface area contributed by atoms with Crippen LogP contribution in [0, 0.1) is 0 Å². The Morgan fingerprint density at radius 3 is 2.62 bits per heavy atom. The molecule has 0 aromatic carbocycles. The minimum Gasteiger partial charge on any atom is -0.383 e. The van der Waals surface area contributed by atoms with Crippen molar-refractivity contribution in [2.75, 3.05) is 24.8 Å². The Morgan fingerprint density at radius 1 is 1.13 bits per heavy atom. The predicted octanol–water partition coefficient (Wildman–Crippen LogP) is 3.43. The van der Waals surface area contributed by atoms with Crippen LogP contribution in [-0.4, -0.2) is 58.1 Å². The lowest BCUT2D eigenvalue weighted by Gasteiger charge is -2.19. The van der Waals surface area contributed by atoms with Crippen molar-refractivity contribution in [1.82, 2.24) is 34.5 Å². The summed E-state index contributed by atoms with van der Waals surface area (Å²) < 4.78 is 19.0. The Labute approximate surface area is 229 Å². The second-order valence-corrected chi connectivity index (χ2v) is 11.3. The van der Waals surface area contributed by atoms with Gasteiger partial charge in [0.2, 0.25) is 0 Å². The van der Waals surface area contributed by atoms with Gasteiger partial charge < -0.3 is 10.1 Å². The molecule has 0 bridgehead atoms. The first kappa shape index (κ1) is 26.9. The van der Waals surface area contributed by atoms with Crippen LogP contribution in [0.1, 0.15) is 62.7 Å². The average Bonchev–Trinajstić information content (AvgIpc) is 3.81. The average molecular weight is 549 g/mol. The van der Waals surface area contributed by atoms with Crippen molar-refractivity contribution in [3.8, 4) is 11.4 Å². The summed E-state index contributed by atoms with van der Waals surface area (Å²) in [5, 5.41) is 3.12. The fraction of sp³-hybridized carbons (Fsp3) is 0.444. The fourth-order valence-corrected chi connectivity index (χ4v) is 5.29. The first-order valence-corrected chi connectivity index (χ1v) is 14.5. The zero-order valence-electron chi connectivity index (χ0n) is 22.5. The molecule has 4 aromatic rings. The van der Waals surface area contributed by atoms with Crippen molar-refractivity contribution in [3.05, 3.63) is 58.3 Å². The van der Waals surface area contributed by atoms with Gasteiger partial charge in [0.1, 0.15) is 11.8 Å². The highest BCUT2D eigenvalue weighted by atomic mass is 32.2. The minimum absolute atomic E-state index is 0.167. The van der Waals surface area contributed by atoms with Crippen LogP contribution in [0.15, 0.2) is 40.5 Å². The molecular weight excluding hydrogens is 516 g/mol. The number of nitrogens with zero attached hydrogens (tertiary/aromatic N) is 7. The standard InChI is InChI=1S/C27H32N8O3S/c1-5-20-22(23(17-7-8-17)32-15-31-20)24-30-13-21-26(34-24)35(16(3)14-38-4)27(36)25(33-21)29-11-18-9-10-19(12-28-18)39(37)6-2/h9-10,12-13,15-17H,5-8,11,14H2,1-4H3,(H,29,33)/t16-,39?/m0/s1. The number of aryl methyl sites for hydroxylation is 1. The van der Waals surface area contributed by atoms with Crippen molar-refractivity contribution in [2.45, 2.75) is 63.4 Å². The molecule has 4 aromatic heterocycles. The molecule has 1 unspecified atom stereocenters. The number of aromatic nitrogens is 7. The van der Waals surface area contributed by atoms with E-state index in [1.54, 1.807) is 42.5 Å². The Kier molecular flexibility index (Phi) is 8.03. The van der Waals surface area contributed by atoms with Gasteiger partial charge in [-0.2, -0.15) is 0 Å². The summed E-state index contributed by atoms with van der Waals surface area (Å²) in [4.78, 5) is 41.9. The minimum atomic E-state index is -1.07.